The van der Waals surface area contributed by atoms with E-state index in [-0.39, 0.29) is 11.0 Å². The van der Waals surface area contributed by atoms with Crippen molar-refractivity contribution in [1.29, 1.82) is 0 Å². The minimum atomic E-state index is -2.88. The Bertz CT molecular complexity index is 320. The SMILES string of the molecule is CC(C)S(=O)(=O)CCNCC1CC=CCC1. The molecule has 0 saturated carbocycles. The van der Waals surface area contributed by atoms with Crippen molar-refractivity contribution in [2.24, 2.45) is 5.92 Å². The van der Waals surface area contributed by atoms with Gasteiger partial charge in [-0.1, -0.05) is 12.2 Å². The van der Waals surface area contributed by atoms with Gasteiger partial charge in [0.05, 0.1) is 11.0 Å². The Morgan fingerprint density at radius 1 is 1.38 bits per heavy atom. The van der Waals surface area contributed by atoms with Crippen LogP contribution in [0.25, 0.3) is 0 Å². The molecule has 3 nitrogen and oxygen atoms in total. The Kier molecular flexibility index (Phi) is 5.49. The first-order chi connectivity index (χ1) is 7.52. The Hall–Kier alpha value is -0.350. The standard InChI is InChI=1S/C12H23NO2S/c1-11(2)16(14,15)9-8-13-10-12-6-4-3-5-7-12/h3-4,11-13H,5-10H2,1-2H3. The molecule has 4 heteroatoms. The van der Waals surface area contributed by atoms with E-state index < -0.39 is 9.84 Å². The van der Waals surface area contributed by atoms with Gasteiger partial charge in [0.15, 0.2) is 9.84 Å². The number of rotatable bonds is 6. The summed E-state index contributed by atoms with van der Waals surface area (Å²) in [6, 6.07) is 0. The van der Waals surface area contributed by atoms with Gasteiger partial charge in [-0.15, -0.1) is 0 Å². The summed E-state index contributed by atoms with van der Waals surface area (Å²) in [4.78, 5) is 0. The van der Waals surface area contributed by atoms with Crippen LogP contribution in [-0.4, -0.2) is 32.5 Å². The zero-order valence-corrected chi connectivity index (χ0v) is 11.1. The molecule has 1 unspecified atom stereocenters. The number of hydrogen-bond donors (Lipinski definition) is 1. The number of allylic oxidation sites excluding steroid dienone is 2. The summed E-state index contributed by atoms with van der Waals surface area (Å²) in [6.45, 7) is 5.00. The fourth-order valence-corrected chi connectivity index (χ4v) is 2.70. The van der Waals surface area contributed by atoms with E-state index in [2.05, 4.69) is 17.5 Å². The molecule has 1 rings (SSSR count). The lowest BCUT2D eigenvalue weighted by atomic mass is 9.94. The Labute approximate surface area is 99.2 Å². The molecule has 16 heavy (non-hydrogen) atoms. The monoisotopic (exact) mass is 245 g/mol. The van der Waals surface area contributed by atoms with Gasteiger partial charge in [-0.05, 0) is 45.6 Å². The summed E-state index contributed by atoms with van der Waals surface area (Å²) in [6.07, 6.45) is 7.96. The molecule has 0 amide bonds. The van der Waals surface area contributed by atoms with E-state index in [9.17, 15) is 8.42 Å². The lowest BCUT2D eigenvalue weighted by molar-refractivity contribution is 0.446. The minimum Gasteiger partial charge on any atom is -0.315 e. The summed E-state index contributed by atoms with van der Waals surface area (Å²) < 4.78 is 23.1. The Morgan fingerprint density at radius 2 is 2.12 bits per heavy atom. The maximum absolute atomic E-state index is 11.5. The Morgan fingerprint density at radius 3 is 2.69 bits per heavy atom. The van der Waals surface area contributed by atoms with Gasteiger partial charge in [-0.2, -0.15) is 0 Å². The third-order valence-corrected chi connectivity index (χ3v) is 5.30. The molecule has 0 saturated heterocycles. The largest absolute Gasteiger partial charge is 0.315 e. The average Bonchev–Trinajstić information content (AvgIpc) is 2.26. The molecule has 1 atom stereocenters. The molecule has 0 bridgehead atoms. The molecule has 0 heterocycles. The van der Waals surface area contributed by atoms with E-state index in [0.717, 1.165) is 19.4 Å². The molecule has 1 aliphatic rings. The van der Waals surface area contributed by atoms with Crippen molar-refractivity contribution in [3.63, 3.8) is 0 Å². The number of sulfone groups is 1. The molecule has 0 aromatic rings. The first-order valence-electron chi connectivity index (χ1n) is 6.09. The summed E-state index contributed by atoms with van der Waals surface area (Å²) in [7, 11) is -2.88. The normalized spacial score (nSPS) is 21.6. The molecule has 0 aromatic carbocycles. The van der Waals surface area contributed by atoms with E-state index in [0.29, 0.717) is 12.5 Å². The van der Waals surface area contributed by atoms with Gasteiger partial charge in [0.2, 0.25) is 0 Å². The maximum Gasteiger partial charge on any atom is 0.153 e. The van der Waals surface area contributed by atoms with Crippen LogP contribution in [0, 0.1) is 5.92 Å². The molecule has 0 radical (unpaired) electrons. The van der Waals surface area contributed by atoms with Gasteiger partial charge < -0.3 is 5.32 Å². The highest BCUT2D eigenvalue weighted by molar-refractivity contribution is 7.92. The number of nitrogens with one attached hydrogen (secondary N) is 1. The van der Waals surface area contributed by atoms with Gasteiger partial charge in [0.1, 0.15) is 0 Å². The first-order valence-corrected chi connectivity index (χ1v) is 7.81. The van der Waals surface area contributed by atoms with Gasteiger partial charge in [0, 0.05) is 6.54 Å². The van der Waals surface area contributed by atoms with Gasteiger partial charge in [-0.25, -0.2) is 8.42 Å². The average molecular weight is 245 g/mol. The van der Waals surface area contributed by atoms with E-state index in [1.807, 2.05) is 0 Å². The van der Waals surface area contributed by atoms with Crippen LogP contribution < -0.4 is 5.32 Å². The maximum atomic E-state index is 11.5. The summed E-state index contributed by atoms with van der Waals surface area (Å²) >= 11 is 0. The summed E-state index contributed by atoms with van der Waals surface area (Å²) in [5.41, 5.74) is 0. The third-order valence-electron chi connectivity index (χ3n) is 3.09. The zero-order chi connectivity index (χ0) is 12.0. The molecule has 0 aromatic heterocycles. The predicted molar refractivity (Wildman–Crippen MR) is 68.3 cm³/mol. The highest BCUT2D eigenvalue weighted by Gasteiger charge is 2.15. The van der Waals surface area contributed by atoms with Crippen molar-refractivity contribution >= 4 is 9.84 Å². The second kappa shape index (κ2) is 6.40. The van der Waals surface area contributed by atoms with Crippen molar-refractivity contribution in [2.45, 2.75) is 38.4 Å². The molecule has 1 aliphatic carbocycles. The van der Waals surface area contributed by atoms with Crippen molar-refractivity contribution in [3.8, 4) is 0 Å². The van der Waals surface area contributed by atoms with Crippen LogP contribution in [-0.2, 0) is 9.84 Å². The molecule has 1 N–H and O–H groups in total. The van der Waals surface area contributed by atoms with E-state index in [4.69, 9.17) is 0 Å². The topological polar surface area (TPSA) is 46.2 Å². The molecular formula is C12H23NO2S. The fraction of sp³-hybridized carbons (Fsp3) is 0.833. The van der Waals surface area contributed by atoms with Crippen LogP contribution in [0.15, 0.2) is 12.2 Å². The van der Waals surface area contributed by atoms with E-state index >= 15 is 0 Å². The third kappa shape index (κ3) is 4.66. The van der Waals surface area contributed by atoms with Crippen LogP contribution >= 0.6 is 0 Å². The minimum absolute atomic E-state index is 0.257. The number of hydrogen-bond acceptors (Lipinski definition) is 3. The molecule has 0 aliphatic heterocycles. The predicted octanol–water partition coefficient (Wildman–Crippen LogP) is 1.76. The molecule has 0 fully saturated rings. The highest BCUT2D eigenvalue weighted by Crippen LogP contribution is 2.16. The van der Waals surface area contributed by atoms with Crippen molar-refractivity contribution < 1.29 is 8.42 Å². The van der Waals surface area contributed by atoms with Crippen LogP contribution in [0.3, 0.4) is 0 Å². The van der Waals surface area contributed by atoms with Crippen LogP contribution in [0.5, 0.6) is 0 Å². The molecular weight excluding hydrogens is 222 g/mol. The van der Waals surface area contributed by atoms with Gasteiger partial charge in [-0.3, -0.25) is 0 Å². The lowest BCUT2D eigenvalue weighted by Gasteiger charge is -2.18. The van der Waals surface area contributed by atoms with E-state index in [1.165, 1.54) is 6.42 Å². The van der Waals surface area contributed by atoms with Gasteiger partial charge >= 0.3 is 0 Å². The second-order valence-corrected chi connectivity index (χ2v) is 7.45. The fourth-order valence-electron chi connectivity index (χ4n) is 1.80. The molecule has 0 spiro atoms. The molecule has 94 valence electrons. The Balaban J connectivity index is 2.14. The smallest absolute Gasteiger partial charge is 0.153 e. The van der Waals surface area contributed by atoms with Crippen molar-refractivity contribution in [2.75, 3.05) is 18.8 Å². The van der Waals surface area contributed by atoms with Gasteiger partial charge in [0.25, 0.3) is 0 Å². The zero-order valence-electron chi connectivity index (χ0n) is 10.3. The van der Waals surface area contributed by atoms with E-state index in [1.54, 1.807) is 13.8 Å². The summed E-state index contributed by atoms with van der Waals surface area (Å²) in [5.74, 6) is 0.944. The lowest BCUT2D eigenvalue weighted by Crippen LogP contribution is -2.30. The van der Waals surface area contributed by atoms with Crippen LogP contribution in [0.1, 0.15) is 33.1 Å². The summed E-state index contributed by atoms with van der Waals surface area (Å²) in [5, 5.41) is 3.00. The van der Waals surface area contributed by atoms with Crippen molar-refractivity contribution in [3.05, 3.63) is 12.2 Å². The van der Waals surface area contributed by atoms with Crippen LogP contribution in [0.4, 0.5) is 0 Å². The van der Waals surface area contributed by atoms with Crippen molar-refractivity contribution in [1.82, 2.24) is 5.32 Å². The van der Waals surface area contributed by atoms with Crippen LogP contribution in [0.2, 0.25) is 0 Å². The quantitative estimate of drug-likeness (QED) is 0.573. The first kappa shape index (κ1) is 13.7. The second-order valence-electron chi connectivity index (χ2n) is 4.77. The highest BCUT2D eigenvalue weighted by atomic mass is 32.2.